The first kappa shape index (κ1) is 23.9. The molecule has 0 spiro atoms. The molecule has 10 atom stereocenters. The Morgan fingerprint density at radius 1 is 0.793 bits per heavy atom. The third-order valence-corrected chi connectivity index (χ3v) is 5.15. The second-order valence-corrected chi connectivity index (χ2v) is 7.39. The van der Waals surface area contributed by atoms with Crippen molar-refractivity contribution in [3.63, 3.8) is 0 Å². The molecule has 0 radical (unpaired) electrons. The largest absolute Gasteiger partial charge is 0.388 e. The van der Waals surface area contributed by atoms with Gasteiger partial charge in [0.1, 0.15) is 36.5 Å². The number of aliphatic hydroxyl groups is 2. The molecule has 0 bridgehead atoms. The number of methoxy groups -OCH3 is 2. The van der Waals surface area contributed by atoms with E-state index in [1.807, 2.05) is 0 Å². The molecule has 2 heterocycles. The summed E-state index contributed by atoms with van der Waals surface area (Å²) in [7, 11) is 2.84. The average molecular weight is 420 g/mol. The van der Waals surface area contributed by atoms with Crippen LogP contribution in [0.4, 0.5) is 0 Å². The molecule has 0 aromatic carbocycles. The Morgan fingerprint density at radius 2 is 1.24 bits per heavy atom. The molecule has 11 heteroatoms. The van der Waals surface area contributed by atoms with Gasteiger partial charge in [0.2, 0.25) is 11.8 Å². The van der Waals surface area contributed by atoms with Crippen molar-refractivity contribution in [3.05, 3.63) is 0 Å². The first-order valence-electron chi connectivity index (χ1n) is 9.53. The zero-order valence-corrected chi connectivity index (χ0v) is 17.5. The summed E-state index contributed by atoms with van der Waals surface area (Å²) in [5.74, 6) is -0.759. The maximum atomic E-state index is 11.6. The monoisotopic (exact) mass is 420 g/mol. The van der Waals surface area contributed by atoms with Gasteiger partial charge in [-0.25, -0.2) is 0 Å². The number of hydrogen-bond donors (Lipinski definition) is 4. The molecule has 2 amide bonds. The van der Waals surface area contributed by atoms with Crippen LogP contribution in [0, 0.1) is 0 Å². The predicted octanol–water partition coefficient (Wildman–Crippen LogP) is -1.75. The van der Waals surface area contributed by atoms with E-state index in [9.17, 15) is 19.8 Å². The normalized spacial score (nSPS) is 42.9. The van der Waals surface area contributed by atoms with Crippen LogP contribution < -0.4 is 10.6 Å². The molecule has 29 heavy (non-hydrogen) atoms. The van der Waals surface area contributed by atoms with Crippen molar-refractivity contribution in [1.29, 1.82) is 0 Å². The minimum atomic E-state index is -1.19. The highest BCUT2D eigenvalue weighted by Gasteiger charge is 2.50. The van der Waals surface area contributed by atoms with Crippen molar-refractivity contribution in [1.82, 2.24) is 10.6 Å². The first-order valence-corrected chi connectivity index (χ1v) is 9.53. The fourth-order valence-corrected chi connectivity index (χ4v) is 3.81. The molecule has 0 aromatic heterocycles. The molecular formula is C18H32N2O9. The van der Waals surface area contributed by atoms with Crippen LogP contribution in [0.25, 0.3) is 0 Å². The highest BCUT2D eigenvalue weighted by molar-refractivity contribution is 5.73. The van der Waals surface area contributed by atoms with Crippen molar-refractivity contribution in [3.8, 4) is 0 Å². The number of ether oxygens (including phenoxy) is 5. The van der Waals surface area contributed by atoms with Gasteiger partial charge in [0.05, 0.1) is 12.2 Å². The molecule has 168 valence electrons. The molecule has 4 N–H and O–H groups in total. The van der Waals surface area contributed by atoms with Crippen LogP contribution in [0.15, 0.2) is 0 Å². The number of carbonyl (C=O) groups excluding carboxylic acids is 2. The molecule has 0 unspecified atom stereocenters. The SMILES string of the molecule is CO[C@H]1O[C@H](C)[C@@H](O[C@H]2O[C@H](C)[C@@H](OC)[C@H](O)[C@H]2NC(C)=O)[C@H](O)[C@H]1NC(C)=O. The molecule has 0 saturated carbocycles. The number of carbonyl (C=O) groups is 2. The maximum absolute atomic E-state index is 11.6. The molecule has 11 nitrogen and oxygen atoms in total. The first-order chi connectivity index (χ1) is 13.6. The van der Waals surface area contributed by atoms with Crippen molar-refractivity contribution < 1.29 is 43.5 Å². The Morgan fingerprint density at radius 3 is 1.72 bits per heavy atom. The van der Waals surface area contributed by atoms with Gasteiger partial charge >= 0.3 is 0 Å². The molecule has 2 saturated heterocycles. The number of amides is 2. The highest BCUT2D eigenvalue weighted by Crippen LogP contribution is 2.30. The predicted molar refractivity (Wildman–Crippen MR) is 98.6 cm³/mol. The topological polar surface area (TPSA) is 145 Å². The van der Waals surface area contributed by atoms with Crippen molar-refractivity contribution in [2.45, 2.75) is 89.0 Å². The summed E-state index contributed by atoms with van der Waals surface area (Å²) >= 11 is 0. The van der Waals surface area contributed by atoms with E-state index in [0.29, 0.717) is 0 Å². The molecule has 0 aliphatic carbocycles. The molecular weight excluding hydrogens is 388 g/mol. The van der Waals surface area contributed by atoms with Crippen LogP contribution in [-0.2, 0) is 33.3 Å². The standard InChI is InChI=1S/C18H32N2O9/c1-7-15(25-5)13(23)12(20-10(4)22)18(28-7)29-16-8(2)27-17(26-6)11(14(16)24)19-9(3)21/h7-8,11-18,23-24H,1-6H3,(H,19,21)(H,20,22)/t7-,8-,11-,12-,13-,14-,15-,16-,17+,18-/m1/s1. The van der Waals surface area contributed by atoms with Crippen LogP contribution in [0.2, 0.25) is 0 Å². The summed E-state index contributed by atoms with van der Waals surface area (Å²) in [4.78, 5) is 23.2. The zero-order chi connectivity index (χ0) is 21.9. The van der Waals surface area contributed by atoms with E-state index < -0.39 is 61.3 Å². The number of aliphatic hydroxyl groups excluding tert-OH is 2. The van der Waals surface area contributed by atoms with Crippen LogP contribution >= 0.6 is 0 Å². The molecule has 2 aliphatic heterocycles. The lowest BCUT2D eigenvalue weighted by molar-refractivity contribution is -0.322. The smallest absolute Gasteiger partial charge is 0.217 e. The average Bonchev–Trinajstić information content (AvgIpc) is 2.63. The summed E-state index contributed by atoms with van der Waals surface area (Å²) in [6, 6.07) is -1.82. The third kappa shape index (κ3) is 5.43. The molecule has 0 aromatic rings. The van der Waals surface area contributed by atoms with E-state index in [-0.39, 0.29) is 11.8 Å². The van der Waals surface area contributed by atoms with E-state index in [4.69, 9.17) is 23.7 Å². The summed E-state index contributed by atoms with van der Waals surface area (Å²) in [6.07, 6.45) is -7.04. The Hall–Kier alpha value is -1.34. The molecule has 2 rings (SSSR count). The lowest BCUT2D eigenvalue weighted by atomic mass is 9.95. The highest BCUT2D eigenvalue weighted by atomic mass is 16.7. The minimum Gasteiger partial charge on any atom is -0.388 e. The quantitative estimate of drug-likeness (QED) is 0.393. The van der Waals surface area contributed by atoms with Gasteiger partial charge in [0.25, 0.3) is 0 Å². The summed E-state index contributed by atoms with van der Waals surface area (Å²) < 4.78 is 28.0. The van der Waals surface area contributed by atoms with Gasteiger partial charge in [-0.2, -0.15) is 0 Å². The lowest BCUT2D eigenvalue weighted by Crippen LogP contribution is -2.68. The van der Waals surface area contributed by atoms with Crippen molar-refractivity contribution >= 4 is 11.8 Å². The molecule has 2 aliphatic rings. The minimum absolute atomic E-state index is 0.370. The third-order valence-electron chi connectivity index (χ3n) is 5.15. The zero-order valence-electron chi connectivity index (χ0n) is 17.5. The van der Waals surface area contributed by atoms with Gasteiger partial charge in [-0.15, -0.1) is 0 Å². The van der Waals surface area contributed by atoms with Gasteiger partial charge < -0.3 is 44.5 Å². The second-order valence-electron chi connectivity index (χ2n) is 7.39. The Bertz CT molecular complexity index is 578. The summed E-state index contributed by atoms with van der Waals surface area (Å²) in [6.45, 7) is 6.00. The van der Waals surface area contributed by atoms with Gasteiger partial charge in [-0.3, -0.25) is 9.59 Å². The van der Waals surface area contributed by atoms with Gasteiger partial charge in [-0.1, -0.05) is 0 Å². The van der Waals surface area contributed by atoms with E-state index in [0.717, 1.165) is 0 Å². The van der Waals surface area contributed by atoms with Crippen molar-refractivity contribution in [2.24, 2.45) is 0 Å². The Balaban J connectivity index is 2.23. The van der Waals surface area contributed by atoms with Crippen LogP contribution in [0.3, 0.4) is 0 Å². The van der Waals surface area contributed by atoms with Crippen LogP contribution in [-0.4, -0.2) is 97.5 Å². The van der Waals surface area contributed by atoms with Gasteiger partial charge in [-0.05, 0) is 13.8 Å². The lowest BCUT2D eigenvalue weighted by Gasteiger charge is -2.47. The number of nitrogens with one attached hydrogen (secondary N) is 2. The fraction of sp³-hybridized carbons (Fsp3) is 0.889. The van der Waals surface area contributed by atoms with Crippen LogP contribution in [0.5, 0.6) is 0 Å². The fourth-order valence-electron chi connectivity index (χ4n) is 3.81. The Labute approximate surface area is 170 Å². The summed E-state index contributed by atoms with van der Waals surface area (Å²) in [5, 5.41) is 26.7. The van der Waals surface area contributed by atoms with E-state index in [2.05, 4.69) is 10.6 Å². The Kier molecular flexibility index (Phi) is 8.35. The van der Waals surface area contributed by atoms with E-state index >= 15 is 0 Å². The second kappa shape index (κ2) is 10.1. The summed E-state index contributed by atoms with van der Waals surface area (Å²) in [5.41, 5.74) is 0. The van der Waals surface area contributed by atoms with Crippen molar-refractivity contribution in [2.75, 3.05) is 14.2 Å². The maximum Gasteiger partial charge on any atom is 0.217 e. The molecule has 2 fully saturated rings. The van der Waals surface area contributed by atoms with Gasteiger partial charge in [0, 0.05) is 28.1 Å². The van der Waals surface area contributed by atoms with E-state index in [1.54, 1.807) is 13.8 Å². The van der Waals surface area contributed by atoms with Gasteiger partial charge in [0.15, 0.2) is 12.6 Å². The number of rotatable bonds is 6. The van der Waals surface area contributed by atoms with Crippen LogP contribution in [0.1, 0.15) is 27.7 Å². The number of hydrogen-bond acceptors (Lipinski definition) is 9. The van der Waals surface area contributed by atoms with E-state index in [1.165, 1.54) is 28.1 Å².